The highest BCUT2D eigenvalue weighted by Gasteiger charge is 2.48. The molecule has 3 fully saturated rings. The van der Waals surface area contributed by atoms with E-state index < -0.39 is 17.8 Å². The van der Waals surface area contributed by atoms with Crippen molar-refractivity contribution in [3.05, 3.63) is 0 Å². The first kappa shape index (κ1) is 20.1. The van der Waals surface area contributed by atoms with E-state index in [1.54, 1.807) is 0 Å². The number of hydrogen-bond acceptors (Lipinski definition) is 4. The van der Waals surface area contributed by atoms with Gasteiger partial charge in [0.05, 0.1) is 12.2 Å². The first-order chi connectivity index (χ1) is 13.0. The van der Waals surface area contributed by atoms with Crippen LogP contribution in [0.1, 0.15) is 64.2 Å². The van der Waals surface area contributed by atoms with Gasteiger partial charge in [0.1, 0.15) is 0 Å². The minimum atomic E-state index is -0.728. The van der Waals surface area contributed by atoms with Crippen LogP contribution in [0.4, 0.5) is 0 Å². The number of amides is 2. The van der Waals surface area contributed by atoms with Crippen LogP contribution in [0.2, 0.25) is 0 Å². The molecule has 0 aromatic carbocycles. The van der Waals surface area contributed by atoms with Crippen LogP contribution in [0.15, 0.2) is 0 Å². The van der Waals surface area contributed by atoms with Crippen molar-refractivity contribution in [1.29, 1.82) is 0 Å². The number of aliphatic carboxylic acids is 1. The third-order valence-electron chi connectivity index (χ3n) is 6.22. The smallest absolute Gasteiger partial charge is 0.309 e. The van der Waals surface area contributed by atoms with E-state index in [1.807, 2.05) is 0 Å². The molecule has 2 amide bonds. The number of fused-ring (bicyclic) bond motifs is 2. The van der Waals surface area contributed by atoms with E-state index in [4.69, 9.17) is 9.84 Å². The molecule has 2 bridgehead atoms. The summed E-state index contributed by atoms with van der Waals surface area (Å²) in [5, 5.41) is 14.2. The van der Waals surface area contributed by atoms with Crippen molar-refractivity contribution in [2.45, 2.75) is 76.4 Å². The largest absolute Gasteiger partial charge is 0.481 e. The molecule has 7 heteroatoms. The molecule has 1 aliphatic carbocycles. The molecule has 3 N–H and O–H groups in total. The number of carboxylic acids is 1. The molecule has 0 aromatic rings. The number of nitrogens with one attached hydrogen (secondary N) is 2. The molecule has 2 heterocycles. The van der Waals surface area contributed by atoms with Gasteiger partial charge < -0.3 is 20.5 Å². The molecule has 1 saturated carbocycles. The van der Waals surface area contributed by atoms with Crippen LogP contribution in [-0.2, 0) is 19.1 Å². The second-order valence-electron chi connectivity index (χ2n) is 8.33. The average molecular weight is 380 g/mol. The number of rotatable bonds is 11. The molecule has 4 atom stereocenters. The molecule has 0 spiro atoms. The number of carbonyl (C=O) groups excluding carboxylic acids is 2. The van der Waals surface area contributed by atoms with Crippen molar-refractivity contribution in [3.8, 4) is 0 Å². The molecule has 3 rings (SSSR count). The Kier molecular flexibility index (Phi) is 7.10. The second kappa shape index (κ2) is 9.53. The Bertz CT molecular complexity index is 548. The molecule has 152 valence electrons. The highest BCUT2D eigenvalue weighted by Crippen LogP contribution is 2.45. The number of ether oxygens (including phenoxy) is 1. The average Bonchev–Trinajstić information content (AvgIpc) is 3.26. The standard InChI is InChI=1S/C20H32N2O5/c23-18(24)6-4-2-1-3-5-14-15(17-10-9-16(14)27-17)12-22-20(26)19(25)21-11-13-7-8-13/h13-17H,1-12H2,(H,21,25)(H,22,26)(H,23,24)/t14-,15-,16+,17-/m1/s1. The predicted molar refractivity (Wildman–Crippen MR) is 99.0 cm³/mol. The van der Waals surface area contributed by atoms with Crippen molar-refractivity contribution in [2.24, 2.45) is 17.8 Å². The lowest BCUT2D eigenvalue weighted by molar-refractivity contribution is -0.139. The van der Waals surface area contributed by atoms with Gasteiger partial charge in [0, 0.05) is 25.4 Å². The van der Waals surface area contributed by atoms with Crippen LogP contribution in [0.5, 0.6) is 0 Å². The molecule has 0 radical (unpaired) electrons. The summed E-state index contributed by atoms with van der Waals surface area (Å²) in [4.78, 5) is 34.4. The van der Waals surface area contributed by atoms with E-state index >= 15 is 0 Å². The molecular weight excluding hydrogens is 348 g/mol. The fourth-order valence-electron chi connectivity index (χ4n) is 4.49. The zero-order valence-corrected chi connectivity index (χ0v) is 16.0. The fourth-order valence-corrected chi connectivity index (χ4v) is 4.49. The minimum Gasteiger partial charge on any atom is -0.481 e. The lowest BCUT2D eigenvalue weighted by Crippen LogP contribution is -2.44. The maximum Gasteiger partial charge on any atom is 0.309 e. The molecule has 3 aliphatic rings. The Morgan fingerprint density at radius 3 is 2.11 bits per heavy atom. The maximum atomic E-state index is 12.0. The van der Waals surface area contributed by atoms with Crippen LogP contribution in [-0.4, -0.2) is 48.2 Å². The summed E-state index contributed by atoms with van der Waals surface area (Å²) in [5.41, 5.74) is 0. The van der Waals surface area contributed by atoms with Gasteiger partial charge in [-0.1, -0.05) is 19.3 Å². The summed E-state index contributed by atoms with van der Waals surface area (Å²) in [7, 11) is 0. The summed E-state index contributed by atoms with van der Waals surface area (Å²) >= 11 is 0. The zero-order valence-electron chi connectivity index (χ0n) is 16.0. The van der Waals surface area contributed by atoms with E-state index in [1.165, 1.54) is 0 Å². The fraction of sp³-hybridized carbons (Fsp3) is 0.850. The first-order valence-corrected chi connectivity index (χ1v) is 10.5. The number of carbonyl (C=O) groups is 3. The van der Waals surface area contributed by atoms with E-state index in [2.05, 4.69) is 10.6 Å². The lowest BCUT2D eigenvalue weighted by Gasteiger charge is -2.28. The SMILES string of the molecule is O=C(O)CCCCCC[C@@H]1[C@@H](CNC(=O)C(=O)NCC2CC2)[C@H]2CC[C@@H]1O2. The van der Waals surface area contributed by atoms with Crippen molar-refractivity contribution < 1.29 is 24.2 Å². The molecule has 2 saturated heterocycles. The van der Waals surface area contributed by atoms with Gasteiger partial charge in [-0.15, -0.1) is 0 Å². The van der Waals surface area contributed by atoms with Gasteiger partial charge in [-0.3, -0.25) is 14.4 Å². The highest BCUT2D eigenvalue weighted by molar-refractivity contribution is 6.35. The number of unbranched alkanes of at least 4 members (excludes halogenated alkanes) is 3. The lowest BCUT2D eigenvalue weighted by atomic mass is 9.76. The van der Waals surface area contributed by atoms with Gasteiger partial charge in [0.25, 0.3) is 0 Å². The normalized spacial score (nSPS) is 28.9. The van der Waals surface area contributed by atoms with E-state index in [9.17, 15) is 14.4 Å². The Morgan fingerprint density at radius 2 is 1.44 bits per heavy atom. The van der Waals surface area contributed by atoms with Gasteiger partial charge in [-0.2, -0.15) is 0 Å². The maximum absolute atomic E-state index is 12.0. The Morgan fingerprint density at radius 1 is 0.815 bits per heavy atom. The number of hydrogen-bond donors (Lipinski definition) is 3. The molecule has 0 unspecified atom stereocenters. The third-order valence-corrected chi connectivity index (χ3v) is 6.22. The van der Waals surface area contributed by atoms with Gasteiger partial charge in [-0.25, -0.2) is 0 Å². The Balaban J connectivity index is 1.36. The van der Waals surface area contributed by atoms with E-state index in [0.717, 1.165) is 57.8 Å². The molecule has 2 aliphatic heterocycles. The van der Waals surface area contributed by atoms with Gasteiger partial charge in [0.2, 0.25) is 0 Å². The molecular formula is C20H32N2O5. The highest BCUT2D eigenvalue weighted by atomic mass is 16.5. The second-order valence-corrected chi connectivity index (χ2v) is 8.33. The van der Waals surface area contributed by atoms with Crippen LogP contribution in [0.25, 0.3) is 0 Å². The summed E-state index contributed by atoms with van der Waals surface area (Å²) in [6.07, 6.45) is 9.93. The number of carboxylic acid groups (broad SMARTS) is 1. The van der Waals surface area contributed by atoms with Crippen molar-refractivity contribution >= 4 is 17.8 Å². The summed E-state index contributed by atoms with van der Waals surface area (Å²) in [5.74, 6) is -0.526. The predicted octanol–water partition coefficient (Wildman–Crippen LogP) is 1.85. The van der Waals surface area contributed by atoms with Gasteiger partial charge in [0.15, 0.2) is 0 Å². The van der Waals surface area contributed by atoms with Crippen molar-refractivity contribution in [3.63, 3.8) is 0 Å². The molecule has 7 nitrogen and oxygen atoms in total. The molecule has 27 heavy (non-hydrogen) atoms. The van der Waals surface area contributed by atoms with Crippen molar-refractivity contribution in [2.75, 3.05) is 13.1 Å². The monoisotopic (exact) mass is 380 g/mol. The topological polar surface area (TPSA) is 105 Å². The quantitative estimate of drug-likeness (QED) is 0.375. The zero-order chi connectivity index (χ0) is 19.2. The van der Waals surface area contributed by atoms with E-state index in [-0.39, 0.29) is 24.5 Å². The van der Waals surface area contributed by atoms with Crippen LogP contribution in [0.3, 0.4) is 0 Å². The third kappa shape index (κ3) is 5.92. The Hall–Kier alpha value is -1.63. The van der Waals surface area contributed by atoms with Crippen LogP contribution >= 0.6 is 0 Å². The van der Waals surface area contributed by atoms with Gasteiger partial charge in [-0.05, 0) is 50.4 Å². The van der Waals surface area contributed by atoms with Crippen LogP contribution in [0, 0.1) is 17.8 Å². The minimum absolute atomic E-state index is 0.196. The van der Waals surface area contributed by atoms with Gasteiger partial charge >= 0.3 is 17.8 Å². The van der Waals surface area contributed by atoms with Crippen LogP contribution < -0.4 is 10.6 Å². The summed E-state index contributed by atoms with van der Waals surface area (Å²) in [6.45, 7) is 1.11. The Labute approximate surface area is 160 Å². The summed E-state index contributed by atoms with van der Waals surface area (Å²) in [6, 6.07) is 0. The first-order valence-electron chi connectivity index (χ1n) is 10.5. The van der Waals surface area contributed by atoms with E-state index in [0.29, 0.717) is 24.9 Å². The molecule has 0 aromatic heterocycles. The van der Waals surface area contributed by atoms with Crippen molar-refractivity contribution in [1.82, 2.24) is 10.6 Å². The summed E-state index contributed by atoms with van der Waals surface area (Å²) < 4.78 is 6.06.